The van der Waals surface area contributed by atoms with Crippen LogP contribution in [0.1, 0.15) is 51.3 Å². The molecule has 0 aromatic heterocycles. The zero-order valence-electron chi connectivity index (χ0n) is 14.6. The third kappa shape index (κ3) is 3.44. The first-order valence-electron chi connectivity index (χ1n) is 7.94. The Bertz CT molecular complexity index is 628. The summed E-state index contributed by atoms with van der Waals surface area (Å²) in [4.78, 5) is 0. The van der Waals surface area contributed by atoms with Crippen molar-refractivity contribution >= 4 is 0 Å². The summed E-state index contributed by atoms with van der Waals surface area (Å²) in [6.45, 7) is 12.2. The molecule has 1 aliphatic rings. The van der Waals surface area contributed by atoms with E-state index >= 15 is 0 Å². The number of phenolic OH excluding ortho intramolecular Hbond substituents is 1. The normalized spacial score (nSPS) is 25.2. The van der Waals surface area contributed by atoms with Crippen LogP contribution in [0, 0.1) is 12.8 Å². The highest BCUT2D eigenvalue weighted by Crippen LogP contribution is 2.38. The van der Waals surface area contributed by atoms with Gasteiger partial charge in [-0.2, -0.15) is 0 Å². The number of phenols is 1. The first-order valence-corrected chi connectivity index (χ1v) is 7.94. The minimum absolute atomic E-state index is 0.0308. The lowest BCUT2D eigenvalue weighted by atomic mass is 9.77. The number of allylic oxidation sites excluding steroid dienone is 2. The van der Waals surface area contributed by atoms with Crippen molar-refractivity contribution in [1.29, 1.82) is 0 Å². The molecular weight excluding hydrogens is 272 g/mol. The Morgan fingerprint density at radius 2 is 1.82 bits per heavy atom. The van der Waals surface area contributed by atoms with Crippen LogP contribution >= 0.6 is 0 Å². The lowest BCUT2D eigenvalue weighted by Crippen LogP contribution is -2.34. The van der Waals surface area contributed by atoms with Crippen molar-refractivity contribution in [2.75, 3.05) is 0 Å². The summed E-state index contributed by atoms with van der Waals surface area (Å²) in [6, 6.07) is 4.08. The molecule has 1 aromatic rings. The number of aromatic hydroxyl groups is 1. The van der Waals surface area contributed by atoms with E-state index in [0.29, 0.717) is 12.2 Å². The molecule has 2 heteroatoms. The summed E-state index contributed by atoms with van der Waals surface area (Å²) in [5.74, 6) is 0.338. The van der Waals surface area contributed by atoms with Crippen LogP contribution in [0.15, 0.2) is 35.9 Å². The van der Waals surface area contributed by atoms with E-state index in [1.165, 1.54) is 0 Å². The van der Waals surface area contributed by atoms with Crippen molar-refractivity contribution in [3.63, 3.8) is 0 Å². The van der Waals surface area contributed by atoms with Crippen LogP contribution < -0.4 is 0 Å². The highest BCUT2D eigenvalue weighted by atomic mass is 16.3. The summed E-state index contributed by atoms with van der Waals surface area (Å²) in [5.41, 5.74) is 3.11. The highest BCUT2D eigenvalue weighted by Gasteiger charge is 2.31. The minimum Gasteiger partial charge on any atom is -0.507 e. The number of hydrogen-bond acceptors (Lipinski definition) is 2. The standard InChI is InChI=1S/C20H28O2/c1-13-7-8-16(20(6,22)12-13)11-15-9-14(2)10-17(18(15)21)19(3,4)5/h7-10,12,16,21-22H,11H2,1-6H3. The molecule has 0 heterocycles. The molecule has 0 spiro atoms. The van der Waals surface area contributed by atoms with Crippen LogP contribution in [0.4, 0.5) is 0 Å². The molecule has 0 saturated carbocycles. The average molecular weight is 300 g/mol. The van der Waals surface area contributed by atoms with E-state index in [4.69, 9.17) is 0 Å². The molecule has 0 bridgehead atoms. The number of aryl methyl sites for hydroxylation is 1. The highest BCUT2D eigenvalue weighted by molar-refractivity contribution is 5.47. The van der Waals surface area contributed by atoms with Gasteiger partial charge in [0.25, 0.3) is 0 Å². The Morgan fingerprint density at radius 1 is 1.18 bits per heavy atom. The Hall–Kier alpha value is -1.54. The molecule has 0 fully saturated rings. The van der Waals surface area contributed by atoms with Crippen molar-refractivity contribution in [3.8, 4) is 5.75 Å². The van der Waals surface area contributed by atoms with Crippen LogP contribution in [0.25, 0.3) is 0 Å². The fraction of sp³-hybridized carbons (Fsp3) is 0.500. The van der Waals surface area contributed by atoms with Gasteiger partial charge in [0.2, 0.25) is 0 Å². The number of aliphatic hydroxyl groups is 1. The molecule has 1 aromatic carbocycles. The molecule has 2 atom stereocenters. The van der Waals surface area contributed by atoms with Crippen LogP contribution in [0.3, 0.4) is 0 Å². The van der Waals surface area contributed by atoms with E-state index < -0.39 is 5.60 Å². The summed E-state index contributed by atoms with van der Waals surface area (Å²) < 4.78 is 0. The smallest absolute Gasteiger partial charge is 0.122 e. The Kier molecular flexibility index (Phi) is 4.27. The first-order chi connectivity index (χ1) is 10.0. The van der Waals surface area contributed by atoms with Crippen LogP contribution in [-0.2, 0) is 11.8 Å². The summed E-state index contributed by atoms with van der Waals surface area (Å²) in [7, 11) is 0. The molecule has 0 saturated heterocycles. The van der Waals surface area contributed by atoms with E-state index in [1.807, 2.05) is 38.1 Å². The SMILES string of the molecule is CC1=CC(C)(O)C(Cc2cc(C)cc(C(C)(C)C)c2O)C=C1. The monoisotopic (exact) mass is 300 g/mol. The molecule has 2 rings (SSSR count). The molecule has 2 unspecified atom stereocenters. The van der Waals surface area contributed by atoms with Gasteiger partial charge < -0.3 is 10.2 Å². The minimum atomic E-state index is -0.878. The van der Waals surface area contributed by atoms with Gasteiger partial charge in [-0.25, -0.2) is 0 Å². The lowest BCUT2D eigenvalue weighted by molar-refractivity contribution is 0.0644. The second-order valence-electron chi connectivity index (χ2n) is 7.85. The zero-order valence-corrected chi connectivity index (χ0v) is 14.6. The predicted octanol–water partition coefficient (Wildman–Crippen LogP) is 4.42. The van der Waals surface area contributed by atoms with Gasteiger partial charge in [-0.05, 0) is 49.8 Å². The van der Waals surface area contributed by atoms with E-state index in [0.717, 1.165) is 22.3 Å². The van der Waals surface area contributed by atoms with Gasteiger partial charge in [-0.1, -0.05) is 56.2 Å². The fourth-order valence-corrected chi connectivity index (χ4v) is 3.17. The molecule has 120 valence electrons. The number of benzene rings is 1. The van der Waals surface area contributed by atoms with Crippen molar-refractivity contribution in [1.82, 2.24) is 0 Å². The molecule has 0 aliphatic heterocycles. The maximum atomic E-state index is 10.7. The van der Waals surface area contributed by atoms with E-state index in [-0.39, 0.29) is 11.3 Å². The average Bonchev–Trinajstić information content (AvgIpc) is 2.34. The van der Waals surface area contributed by atoms with Gasteiger partial charge in [0, 0.05) is 5.92 Å². The summed E-state index contributed by atoms with van der Waals surface area (Å²) in [5, 5.41) is 21.3. The topological polar surface area (TPSA) is 40.5 Å². The second kappa shape index (κ2) is 5.58. The van der Waals surface area contributed by atoms with Crippen molar-refractivity contribution in [3.05, 3.63) is 52.6 Å². The second-order valence-corrected chi connectivity index (χ2v) is 7.85. The van der Waals surface area contributed by atoms with Crippen LogP contribution in [0.2, 0.25) is 0 Å². The molecule has 0 radical (unpaired) electrons. The molecule has 2 N–H and O–H groups in total. The van der Waals surface area contributed by atoms with Crippen LogP contribution in [-0.4, -0.2) is 15.8 Å². The van der Waals surface area contributed by atoms with Gasteiger partial charge in [0.05, 0.1) is 5.60 Å². The van der Waals surface area contributed by atoms with Gasteiger partial charge in [0.15, 0.2) is 0 Å². The summed E-state index contributed by atoms with van der Waals surface area (Å²) in [6.07, 6.45) is 6.62. The predicted molar refractivity (Wildman–Crippen MR) is 92.3 cm³/mol. The summed E-state index contributed by atoms with van der Waals surface area (Å²) >= 11 is 0. The van der Waals surface area contributed by atoms with Gasteiger partial charge in [-0.15, -0.1) is 0 Å². The maximum Gasteiger partial charge on any atom is 0.122 e. The van der Waals surface area contributed by atoms with E-state index in [9.17, 15) is 10.2 Å². The Balaban J connectivity index is 2.39. The van der Waals surface area contributed by atoms with Crippen molar-refractivity contribution in [2.24, 2.45) is 5.92 Å². The zero-order chi connectivity index (χ0) is 16.7. The molecule has 1 aliphatic carbocycles. The van der Waals surface area contributed by atoms with Gasteiger partial charge >= 0.3 is 0 Å². The third-order valence-electron chi connectivity index (χ3n) is 4.44. The molecule has 0 amide bonds. The van der Waals surface area contributed by atoms with Gasteiger partial charge in [-0.3, -0.25) is 0 Å². The van der Waals surface area contributed by atoms with Crippen molar-refractivity contribution < 1.29 is 10.2 Å². The van der Waals surface area contributed by atoms with Gasteiger partial charge in [0.1, 0.15) is 5.75 Å². The number of hydrogen-bond donors (Lipinski definition) is 2. The van der Waals surface area contributed by atoms with Crippen molar-refractivity contribution in [2.45, 2.75) is 59.0 Å². The maximum absolute atomic E-state index is 10.7. The Morgan fingerprint density at radius 3 is 2.36 bits per heavy atom. The van der Waals surface area contributed by atoms with Crippen LogP contribution in [0.5, 0.6) is 5.75 Å². The first kappa shape index (κ1) is 16.8. The fourth-order valence-electron chi connectivity index (χ4n) is 3.17. The number of rotatable bonds is 2. The lowest BCUT2D eigenvalue weighted by Gasteiger charge is -2.32. The molecule has 22 heavy (non-hydrogen) atoms. The van der Waals surface area contributed by atoms with E-state index in [2.05, 4.69) is 33.8 Å². The van der Waals surface area contributed by atoms with E-state index in [1.54, 1.807) is 0 Å². The molecule has 2 nitrogen and oxygen atoms in total. The molecular formula is C20H28O2. The quantitative estimate of drug-likeness (QED) is 0.848. The Labute approximate surface area is 134 Å². The largest absolute Gasteiger partial charge is 0.507 e. The third-order valence-corrected chi connectivity index (χ3v) is 4.44.